The van der Waals surface area contributed by atoms with Crippen molar-refractivity contribution in [2.45, 2.75) is 24.3 Å². The molecule has 0 saturated carbocycles. The lowest BCUT2D eigenvalue weighted by Crippen LogP contribution is -2.37. The second-order valence-corrected chi connectivity index (χ2v) is 7.95. The number of hydrogen-bond acceptors (Lipinski definition) is 6. The van der Waals surface area contributed by atoms with Gasteiger partial charge < -0.3 is 9.73 Å². The molecule has 29 heavy (non-hydrogen) atoms. The molecule has 3 N–H and O–H groups in total. The van der Waals surface area contributed by atoms with E-state index in [9.17, 15) is 18.0 Å². The number of rotatable bonds is 7. The standard InChI is InChI=1S/C19H20N4O5S/c1-13(23-18(24)9-8-16(22-23)17-3-2-12-28-17)19(25)21-11-10-14-4-6-15(7-5-14)29(20,26)27/h2-9,12-13H,10-11H2,1H3,(H,21,25)(H2,20,26,27). The van der Waals surface area contributed by atoms with E-state index in [1.165, 1.54) is 30.5 Å². The number of carbonyl (C=O) groups excluding carboxylic acids is 1. The summed E-state index contributed by atoms with van der Waals surface area (Å²) in [7, 11) is -3.74. The summed E-state index contributed by atoms with van der Waals surface area (Å²) < 4.78 is 28.9. The number of sulfonamides is 1. The molecular weight excluding hydrogens is 396 g/mol. The van der Waals surface area contributed by atoms with Gasteiger partial charge in [0.1, 0.15) is 11.7 Å². The van der Waals surface area contributed by atoms with Crippen LogP contribution in [-0.2, 0) is 21.2 Å². The summed E-state index contributed by atoms with van der Waals surface area (Å²) in [5.74, 6) is 0.131. The molecule has 3 aromatic rings. The molecule has 0 aliphatic carbocycles. The number of nitrogens with one attached hydrogen (secondary N) is 1. The van der Waals surface area contributed by atoms with E-state index in [2.05, 4.69) is 10.4 Å². The maximum absolute atomic E-state index is 12.4. The van der Waals surface area contributed by atoms with E-state index in [0.29, 0.717) is 24.4 Å². The maximum atomic E-state index is 12.4. The Kier molecular flexibility index (Phi) is 5.95. The molecule has 9 nitrogen and oxygen atoms in total. The third kappa shape index (κ3) is 4.98. The van der Waals surface area contributed by atoms with Gasteiger partial charge >= 0.3 is 0 Å². The van der Waals surface area contributed by atoms with E-state index in [1.54, 1.807) is 31.2 Å². The zero-order chi connectivity index (χ0) is 21.0. The van der Waals surface area contributed by atoms with E-state index < -0.39 is 21.6 Å². The molecule has 0 aliphatic rings. The summed E-state index contributed by atoms with van der Waals surface area (Å²) >= 11 is 0. The summed E-state index contributed by atoms with van der Waals surface area (Å²) in [5, 5.41) is 12.0. The number of carbonyl (C=O) groups is 1. The first kappa shape index (κ1) is 20.5. The lowest BCUT2D eigenvalue weighted by atomic mass is 10.1. The monoisotopic (exact) mass is 416 g/mol. The van der Waals surface area contributed by atoms with Gasteiger partial charge in [0.05, 0.1) is 11.2 Å². The highest BCUT2D eigenvalue weighted by Gasteiger charge is 2.18. The fourth-order valence-electron chi connectivity index (χ4n) is 2.69. The van der Waals surface area contributed by atoms with Crippen LogP contribution >= 0.6 is 0 Å². The number of furan rings is 1. The normalized spacial score (nSPS) is 12.5. The van der Waals surface area contributed by atoms with Crippen molar-refractivity contribution in [3.8, 4) is 11.5 Å². The van der Waals surface area contributed by atoms with Crippen LogP contribution in [0.4, 0.5) is 0 Å². The molecule has 1 amide bonds. The van der Waals surface area contributed by atoms with Gasteiger partial charge in [0.25, 0.3) is 5.56 Å². The second-order valence-electron chi connectivity index (χ2n) is 6.38. The molecule has 1 atom stereocenters. The van der Waals surface area contributed by atoms with Crippen molar-refractivity contribution in [1.29, 1.82) is 0 Å². The minimum atomic E-state index is -3.74. The van der Waals surface area contributed by atoms with Gasteiger partial charge in [0, 0.05) is 12.6 Å². The van der Waals surface area contributed by atoms with Crippen molar-refractivity contribution in [3.63, 3.8) is 0 Å². The van der Waals surface area contributed by atoms with Crippen molar-refractivity contribution in [2.24, 2.45) is 5.14 Å². The third-order valence-electron chi connectivity index (χ3n) is 4.31. The Morgan fingerprint density at radius 2 is 1.93 bits per heavy atom. The quantitative estimate of drug-likeness (QED) is 0.591. The predicted molar refractivity (Wildman–Crippen MR) is 105 cm³/mol. The number of hydrogen-bond donors (Lipinski definition) is 2. The average Bonchev–Trinajstić information content (AvgIpc) is 3.22. The van der Waals surface area contributed by atoms with Gasteiger partial charge in [0.2, 0.25) is 15.9 Å². The molecule has 3 rings (SSSR count). The number of nitrogens with zero attached hydrogens (tertiary/aromatic N) is 2. The Morgan fingerprint density at radius 3 is 2.55 bits per heavy atom. The lowest BCUT2D eigenvalue weighted by Gasteiger charge is -2.14. The maximum Gasteiger partial charge on any atom is 0.267 e. The van der Waals surface area contributed by atoms with Crippen LogP contribution in [0.3, 0.4) is 0 Å². The Hall–Kier alpha value is -3.24. The molecular formula is C19H20N4O5S. The largest absolute Gasteiger partial charge is 0.463 e. The Morgan fingerprint density at radius 1 is 1.21 bits per heavy atom. The number of amides is 1. The molecule has 0 bridgehead atoms. The first-order chi connectivity index (χ1) is 13.8. The summed E-state index contributed by atoms with van der Waals surface area (Å²) in [4.78, 5) is 24.6. The fraction of sp³-hybridized carbons (Fsp3) is 0.211. The zero-order valence-electron chi connectivity index (χ0n) is 15.6. The zero-order valence-corrected chi connectivity index (χ0v) is 16.4. The van der Waals surface area contributed by atoms with Gasteiger partial charge in [-0.05, 0) is 49.2 Å². The second kappa shape index (κ2) is 8.41. The minimum Gasteiger partial charge on any atom is -0.463 e. The van der Waals surface area contributed by atoms with Crippen molar-refractivity contribution in [3.05, 3.63) is 70.7 Å². The van der Waals surface area contributed by atoms with E-state index >= 15 is 0 Å². The van der Waals surface area contributed by atoms with Gasteiger partial charge in [-0.15, -0.1) is 0 Å². The van der Waals surface area contributed by atoms with Gasteiger partial charge in [-0.2, -0.15) is 5.10 Å². The molecule has 0 radical (unpaired) electrons. The first-order valence-corrected chi connectivity index (χ1v) is 10.3. The van der Waals surface area contributed by atoms with Crippen LogP contribution in [0.2, 0.25) is 0 Å². The summed E-state index contributed by atoms with van der Waals surface area (Å²) in [5.41, 5.74) is 0.881. The molecule has 1 aromatic carbocycles. The molecule has 2 heterocycles. The fourth-order valence-corrected chi connectivity index (χ4v) is 3.21. The Balaban J connectivity index is 1.62. The number of benzene rings is 1. The SMILES string of the molecule is CC(C(=O)NCCc1ccc(S(N)(=O)=O)cc1)n1nc(-c2ccco2)ccc1=O. The third-order valence-corrected chi connectivity index (χ3v) is 5.24. The summed E-state index contributed by atoms with van der Waals surface area (Å²) in [6, 6.07) is 11.6. The average molecular weight is 416 g/mol. The van der Waals surface area contributed by atoms with Crippen molar-refractivity contribution >= 4 is 15.9 Å². The van der Waals surface area contributed by atoms with Crippen LogP contribution in [0.5, 0.6) is 0 Å². The Bertz CT molecular complexity index is 1150. The van der Waals surface area contributed by atoms with Crippen LogP contribution in [0, 0.1) is 0 Å². The van der Waals surface area contributed by atoms with Crippen LogP contribution in [0.25, 0.3) is 11.5 Å². The molecule has 1 unspecified atom stereocenters. The molecule has 10 heteroatoms. The number of primary sulfonamides is 1. The van der Waals surface area contributed by atoms with E-state index in [0.717, 1.165) is 10.2 Å². The number of aromatic nitrogens is 2. The lowest BCUT2D eigenvalue weighted by molar-refractivity contribution is -0.124. The highest BCUT2D eigenvalue weighted by Crippen LogP contribution is 2.16. The van der Waals surface area contributed by atoms with Crippen molar-refractivity contribution in [1.82, 2.24) is 15.1 Å². The topological polar surface area (TPSA) is 137 Å². The van der Waals surface area contributed by atoms with Gasteiger partial charge in [-0.3, -0.25) is 9.59 Å². The summed E-state index contributed by atoms with van der Waals surface area (Å²) in [6.07, 6.45) is 1.98. The predicted octanol–water partition coefficient (Wildman–Crippen LogP) is 1.07. The van der Waals surface area contributed by atoms with Crippen LogP contribution in [0.1, 0.15) is 18.5 Å². The summed E-state index contributed by atoms with van der Waals surface area (Å²) in [6.45, 7) is 1.89. The number of nitrogens with two attached hydrogens (primary N) is 1. The van der Waals surface area contributed by atoms with Crippen molar-refractivity contribution in [2.75, 3.05) is 6.54 Å². The van der Waals surface area contributed by atoms with Gasteiger partial charge in [0.15, 0.2) is 5.76 Å². The van der Waals surface area contributed by atoms with Crippen LogP contribution in [0.15, 0.2) is 68.9 Å². The smallest absolute Gasteiger partial charge is 0.267 e. The molecule has 152 valence electrons. The van der Waals surface area contributed by atoms with Crippen LogP contribution < -0.4 is 16.0 Å². The van der Waals surface area contributed by atoms with E-state index in [-0.39, 0.29) is 10.8 Å². The minimum absolute atomic E-state index is 0.0285. The Labute approximate surface area is 167 Å². The van der Waals surface area contributed by atoms with Crippen LogP contribution in [-0.4, -0.2) is 30.7 Å². The van der Waals surface area contributed by atoms with Gasteiger partial charge in [-0.25, -0.2) is 18.2 Å². The highest BCUT2D eigenvalue weighted by atomic mass is 32.2. The first-order valence-electron chi connectivity index (χ1n) is 8.79. The molecule has 0 spiro atoms. The van der Waals surface area contributed by atoms with Gasteiger partial charge in [-0.1, -0.05) is 12.1 Å². The molecule has 2 aromatic heterocycles. The molecule has 0 saturated heterocycles. The molecule has 0 fully saturated rings. The molecule has 0 aliphatic heterocycles. The van der Waals surface area contributed by atoms with Crippen molar-refractivity contribution < 1.29 is 17.6 Å². The van der Waals surface area contributed by atoms with E-state index in [4.69, 9.17) is 9.56 Å². The van der Waals surface area contributed by atoms with E-state index in [1.807, 2.05) is 0 Å². The highest BCUT2D eigenvalue weighted by molar-refractivity contribution is 7.89.